The van der Waals surface area contributed by atoms with Gasteiger partial charge in [0.25, 0.3) is 5.91 Å². The number of nitrogens with zero attached hydrogens (tertiary/aromatic N) is 1. The number of H-pyrrole nitrogens is 1. The molecule has 7 heteroatoms. The zero-order valence-electron chi connectivity index (χ0n) is 14.0. The summed E-state index contributed by atoms with van der Waals surface area (Å²) in [6.07, 6.45) is 0. The Bertz CT molecular complexity index is 928. The van der Waals surface area contributed by atoms with Crippen LogP contribution in [0.5, 0.6) is 0 Å². The number of carbonyl (C=O) groups is 2. The highest BCUT2D eigenvalue weighted by Crippen LogP contribution is 2.26. The van der Waals surface area contributed by atoms with Crippen molar-refractivity contribution in [1.29, 1.82) is 0 Å². The van der Waals surface area contributed by atoms with Gasteiger partial charge in [-0.2, -0.15) is 0 Å². The quantitative estimate of drug-likeness (QED) is 0.697. The second-order valence-corrected chi connectivity index (χ2v) is 6.33. The molecule has 6 nitrogen and oxygen atoms in total. The highest BCUT2D eigenvalue weighted by atomic mass is 32.1. The molecule has 0 radical (unpaired) electrons. The van der Waals surface area contributed by atoms with Gasteiger partial charge >= 0.3 is 5.97 Å². The molecule has 0 aliphatic carbocycles. The average Bonchev–Trinajstić information content (AvgIpc) is 3.19. The fourth-order valence-corrected chi connectivity index (χ4v) is 3.33. The molecular formula is C18H17N3O3S. The lowest BCUT2D eigenvalue weighted by Crippen LogP contribution is -2.14. The summed E-state index contributed by atoms with van der Waals surface area (Å²) < 4.78 is 4.76. The van der Waals surface area contributed by atoms with E-state index in [9.17, 15) is 9.59 Å². The van der Waals surface area contributed by atoms with Crippen molar-refractivity contribution in [1.82, 2.24) is 9.97 Å². The molecule has 3 aromatic rings. The number of carbonyl (C=O) groups excluding carboxylic acids is 2. The minimum Gasteiger partial charge on any atom is -0.465 e. The van der Waals surface area contributed by atoms with E-state index in [1.807, 2.05) is 35.7 Å². The van der Waals surface area contributed by atoms with Gasteiger partial charge in [-0.3, -0.25) is 10.1 Å². The molecule has 0 unspecified atom stereocenters. The maximum Gasteiger partial charge on any atom is 0.339 e. The number of hydrogen-bond acceptors (Lipinski definition) is 5. The molecule has 0 aliphatic heterocycles. The van der Waals surface area contributed by atoms with Crippen LogP contribution in [0.1, 0.15) is 32.1 Å². The van der Waals surface area contributed by atoms with Crippen molar-refractivity contribution >= 4 is 28.3 Å². The molecule has 0 aliphatic rings. The number of aryl methyl sites for hydroxylation is 1. The third-order valence-corrected chi connectivity index (χ3v) is 4.61. The molecule has 0 saturated carbocycles. The van der Waals surface area contributed by atoms with Gasteiger partial charge in [0.2, 0.25) is 0 Å². The van der Waals surface area contributed by atoms with Gasteiger partial charge in [0, 0.05) is 16.6 Å². The molecule has 0 atom stereocenters. The van der Waals surface area contributed by atoms with Gasteiger partial charge in [-0.25, -0.2) is 9.78 Å². The van der Waals surface area contributed by atoms with Crippen LogP contribution in [-0.4, -0.2) is 29.0 Å². The summed E-state index contributed by atoms with van der Waals surface area (Å²) >= 11 is 1.35. The number of methoxy groups -OCH3 is 1. The van der Waals surface area contributed by atoms with E-state index in [1.165, 1.54) is 18.4 Å². The number of aromatic amines is 1. The highest BCUT2D eigenvalue weighted by Gasteiger charge is 2.23. The van der Waals surface area contributed by atoms with Crippen molar-refractivity contribution in [3.63, 3.8) is 0 Å². The van der Waals surface area contributed by atoms with Gasteiger partial charge in [0.05, 0.1) is 18.4 Å². The number of amides is 1. The van der Waals surface area contributed by atoms with Crippen LogP contribution < -0.4 is 5.32 Å². The zero-order valence-corrected chi connectivity index (χ0v) is 14.9. The van der Waals surface area contributed by atoms with E-state index in [1.54, 1.807) is 13.8 Å². The fourth-order valence-electron chi connectivity index (χ4n) is 2.62. The number of nitrogens with one attached hydrogen (secondary N) is 2. The van der Waals surface area contributed by atoms with Crippen LogP contribution in [0.2, 0.25) is 0 Å². The topological polar surface area (TPSA) is 84.1 Å². The predicted octanol–water partition coefficient (Wildman–Crippen LogP) is 3.79. The van der Waals surface area contributed by atoms with Crippen molar-refractivity contribution < 1.29 is 14.3 Å². The molecule has 0 spiro atoms. The number of aromatic nitrogens is 2. The number of esters is 1. The first-order chi connectivity index (χ1) is 12.0. The third kappa shape index (κ3) is 3.32. The van der Waals surface area contributed by atoms with Crippen LogP contribution in [0, 0.1) is 13.8 Å². The van der Waals surface area contributed by atoms with E-state index in [2.05, 4.69) is 15.3 Å². The number of ether oxygens (including phenoxy) is 1. The van der Waals surface area contributed by atoms with Gasteiger partial charge in [-0.05, 0) is 19.4 Å². The van der Waals surface area contributed by atoms with E-state index in [0.29, 0.717) is 27.6 Å². The molecule has 0 bridgehead atoms. The van der Waals surface area contributed by atoms with E-state index >= 15 is 0 Å². The maximum absolute atomic E-state index is 12.5. The largest absolute Gasteiger partial charge is 0.465 e. The van der Waals surface area contributed by atoms with Crippen molar-refractivity contribution in [2.24, 2.45) is 0 Å². The van der Waals surface area contributed by atoms with Crippen molar-refractivity contribution in [3.8, 4) is 11.3 Å². The van der Waals surface area contributed by atoms with Crippen molar-refractivity contribution in [2.75, 3.05) is 12.4 Å². The first-order valence-electron chi connectivity index (χ1n) is 7.61. The molecule has 1 amide bonds. The molecule has 0 fully saturated rings. The molecule has 2 N–H and O–H groups in total. The maximum atomic E-state index is 12.5. The Morgan fingerprint density at radius 3 is 2.60 bits per heavy atom. The first kappa shape index (κ1) is 16.9. The molecule has 0 saturated heterocycles. The summed E-state index contributed by atoms with van der Waals surface area (Å²) in [6, 6.07) is 9.73. The SMILES string of the molecule is COC(=O)c1c(C)[nH]c(C(=O)Nc2nc(-c3ccccc3)cs2)c1C. The summed E-state index contributed by atoms with van der Waals surface area (Å²) in [4.78, 5) is 31.7. The number of hydrogen-bond donors (Lipinski definition) is 2. The van der Waals surface area contributed by atoms with Crippen molar-refractivity contribution in [3.05, 3.63) is 58.2 Å². The Morgan fingerprint density at radius 1 is 1.20 bits per heavy atom. The van der Waals surface area contributed by atoms with Gasteiger partial charge in [0.1, 0.15) is 5.69 Å². The van der Waals surface area contributed by atoms with Crippen LogP contribution in [0.25, 0.3) is 11.3 Å². The van der Waals surface area contributed by atoms with Gasteiger partial charge in [-0.15, -0.1) is 11.3 Å². The van der Waals surface area contributed by atoms with Gasteiger partial charge < -0.3 is 9.72 Å². The van der Waals surface area contributed by atoms with E-state index < -0.39 is 5.97 Å². The molecule has 2 aromatic heterocycles. The Kier molecular flexibility index (Phi) is 4.67. The summed E-state index contributed by atoms with van der Waals surface area (Å²) in [5.74, 6) is -0.810. The van der Waals surface area contributed by atoms with Crippen molar-refractivity contribution in [2.45, 2.75) is 13.8 Å². The summed E-state index contributed by atoms with van der Waals surface area (Å²) in [5.41, 5.74) is 3.65. The smallest absolute Gasteiger partial charge is 0.339 e. The van der Waals surface area contributed by atoms with E-state index in [-0.39, 0.29) is 5.91 Å². The first-order valence-corrected chi connectivity index (χ1v) is 8.49. The van der Waals surface area contributed by atoms with Crippen LogP contribution in [0.15, 0.2) is 35.7 Å². The molecule has 3 rings (SSSR count). The Morgan fingerprint density at radius 2 is 1.92 bits per heavy atom. The summed E-state index contributed by atoms with van der Waals surface area (Å²) in [5, 5.41) is 5.15. The second kappa shape index (κ2) is 6.90. The Balaban J connectivity index is 1.82. The van der Waals surface area contributed by atoms with Gasteiger partial charge in [0.15, 0.2) is 5.13 Å². The lowest BCUT2D eigenvalue weighted by atomic mass is 10.1. The number of thiazole rings is 1. The molecule has 25 heavy (non-hydrogen) atoms. The average molecular weight is 355 g/mol. The monoisotopic (exact) mass is 355 g/mol. The second-order valence-electron chi connectivity index (χ2n) is 5.47. The van der Waals surface area contributed by atoms with Crippen LogP contribution >= 0.6 is 11.3 Å². The number of rotatable bonds is 4. The lowest BCUT2D eigenvalue weighted by Gasteiger charge is -2.02. The van der Waals surface area contributed by atoms with Gasteiger partial charge in [-0.1, -0.05) is 30.3 Å². The minimum atomic E-state index is -0.467. The Hall–Kier alpha value is -2.93. The summed E-state index contributed by atoms with van der Waals surface area (Å²) in [7, 11) is 1.31. The zero-order chi connectivity index (χ0) is 18.0. The van der Waals surface area contributed by atoms with Crippen LogP contribution in [-0.2, 0) is 4.74 Å². The number of benzene rings is 1. The third-order valence-electron chi connectivity index (χ3n) is 3.85. The number of anilines is 1. The molecule has 128 valence electrons. The van der Waals surface area contributed by atoms with Crippen LogP contribution in [0.3, 0.4) is 0 Å². The highest BCUT2D eigenvalue weighted by molar-refractivity contribution is 7.14. The van der Waals surface area contributed by atoms with E-state index in [4.69, 9.17) is 4.74 Å². The standard InChI is InChI=1S/C18H17N3O3S/c1-10-14(17(23)24-3)11(2)19-15(10)16(22)21-18-20-13(9-25-18)12-7-5-4-6-8-12/h4-9,19H,1-3H3,(H,20,21,22). The summed E-state index contributed by atoms with van der Waals surface area (Å²) in [6.45, 7) is 3.44. The molecular weight excluding hydrogens is 338 g/mol. The van der Waals surface area contributed by atoms with Crippen LogP contribution in [0.4, 0.5) is 5.13 Å². The molecule has 1 aromatic carbocycles. The Labute approximate surface area is 148 Å². The predicted molar refractivity (Wildman–Crippen MR) is 97.1 cm³/mol. The molecule has 2 heterocycles. The lowest BCUT2D eigenvalue weighted by molar-refractivity contribution is 0.0599. The normalized spacial score (nSPS) is 10.5. The van der Waals surface area contributed by atoms with E-state index in [0.717, 1.165) is 11.3 Å². The fraction of sp³-hybridized carbons (Fsp3) is 0.167. The minimum absolute atomic E-state index is 0.328.